The Morgan fingerprint density at radius 3 is 2.75 bits per heavy atom. The maximum atomic E-state index is 12.5. The molecule has 2 amide bonds. The molecule has 0 atom stereocenters. The zero-order valence-corrected chi connectivity index (χ0v) is 13.9. The van der Waals surface area contributed by atoms with E-state index >= 15 is 0 Å². The highest BCUT2D eigenvalue weighted by Crippen LogP contribution is 2.36. The van der Waals surface area contributed by atoms with Crippen LogP contribution in [-0.4, -0.2) is 52.2 Å². The highest BCUT2D eigenvalue weighted by molar-refractivity contribution is 5.96. The Morgan fingerprint density at radius 1 is 1.46 bits per heavy atom. The number of carbonyl (C=O) groups excluding carboxylic acids is 2. The van der Waals surface area contributed by atoms with Gasteiger partial charge in [-0.25, -0.2) is 0 Å². The second-order valence-corrected chi connectivity index (χ2v) is 6.79. The van der Waals surface area contributed by atoms with Crippen molar-refractivity contribution in [3.8, 4) is 0 Å². The fraction of sp³-hybridized carbons (Fsp3) is 0.588. The van der Waals surface area contributed by atoms with Gasteiger partial charge in [0.25, 0.3) is 5.91 Å². The van der Waals surface area contributed by atoms with Gasteiger partial charge in [-0.2, -0.15) is 0 Å². The fourth-order valence-corrected chi connectivity index (χ4v) is 3.54. The SMILES string of the molecule is C=CC(=O)N1CC(O)(CNC(=O)c2c(C3CCCC3)noc2C)C1. The van der Waals surface area contributed by atoms with Crippen molar-refractivity contribution < 1.29 is 19.2 Å². The van der Waals surface area contributed by atoms with Crippen LogP contribution in [0.15, 0.2) is 17.2 Å². The monoisotopic (exact) mass is 333 g/mol. The molecule has 7 heteroatoms. The van der Waals surface area contributed by atoms with E-state index in [-0.39, 0.29) is 37.4 Å². The average Bonchev–Trinajstić information content (AvgIpc) is 3.18. The van der Waals surface area contributed by atoms with Crippen LogP contribution >= 0.6 is 0 Å². The quantitative estimate of drug-likeness (QED) is 0.788. The number of nitrogens with one attached hydrogen (secondary N) is 1. The van der Waals surface area contributed by atoms with Crippen LogP contribution in [0.4, 0.5) is 0 Å². The number of carbonyl (C=O) groups is 2. The van der Waals surface area contributed by atoms with Gasteiger partial charge in [0.2, 0.25) is 5.91 Å². The molecule has 2 N–H and O–H groups in total. The van der Waals surface area contributed by atoms with Crippen LogP contribution in [0, 0.1) is 6.92 Å². The molecule has 0 bridgehead atoms. The minimum atomic E-state index is -1.09. The molecular weight excluding hydrogens is 310 g/mol. The minimum Gasteiger partial charge on any atom is -0.384 e. The first-order valence-corrected chi connectivity index (χ1v) is 8.31. The number of amides is 2. The molecule has 24 heavy (non-hydrogen) atoms. The van der Waals surface area contributed by atoms with Gasteiger partial charge >= 0.3 is 0 Å². The molecule has 130 valence electrons. The largest absolute Gasteiger partial charge is 0.384 e. The second kappa shape index (κ2) is 6.39. The Kier molecular flexibility index (Phi) is 4.45. The highest BCUT2D eigenvalue weighted by atomic mass is 16.5. The number of hydrogen-bond acceptors (Lipinski definition) is 5. The molecule has 1 saturated carbocycles. The van der Waals surface area contributed by atoms with Crippen LogP contribution in [0.25, 0.3) is 0 Å². The number of hydrogen-bond donors (Lipinski definition) is 2. The van der Waals surface area contributed by atoms with Crippen LogP contribution in [0.1, 0.15) is 53.4 Å². The molecule has 1 aliphatic carbocycles. The van der Waals surface area contributed by atoms with Crippen molar-refractivity contribution in [1.29, 1.82) is 0 Å². The van der Waals surface area contributed by atoms with E-state index < -0.39 is 5.60 Å². The number of likely N-dealkylation sites (tertiary alicyclic amines) is 1. The van der Waals surface area contributed by atoms with E-state index in [0.29, 0.717) is 11.3 Å². The lowest BCUT2D eigenvalue weighted by molar-refractivity contribution is -0.148. The van der Waals surface area contributed by atoms with Crippen LogP contribution in [0.5, 0.6) is 0 Å². The highest BCUT2D eigenvalue weighted by Gasteiger charge is 2.43. The molecular formula is C17H23N3O4. The van der Waals surface area contributed by atoms with Gasteiger partial charge < -0.3 is 19.8 Å². The van der Waals surface area contributed by atoms with Crippen molar-refractivity contribution in [2.75, 3.05) is 19.6 Å². The molecule has 7 nitrogen and oxygen atoms in total. The van der Waals surface area contributed by atoms with Gasteiger partial charge in [-0.3, -0.25) is 9.59 Å². The number of aliphatic hydroxyl groups is 1. The van der Waals surface area contributed by atoms with Crippen molar-refractivity contribution >= 4 is 11.8 Å². The Bertz CT molecular complexity index is 655. The van der Waals surface area contributed by atoms with Gasteiger partial charge in [0, 0.05) is 5.92 Å². The maximum Gasteiger partial charge on any atom is 0.256 e. The third-order valence-electron chi connectivity index (χ3n) is 4.89. The predicted molar refractivity (Wildman–Crippen MR) is 86.5 cm³/mol. The first-order chi connectivity index (χ1) is 11.4. The summed E-state index contributed by atoms with van der Waals surface area (Å²) in [4.78, 5) is 25.5. The molecule has 1 aromatic heterocycles. The molecule has 0 aromatic carbocycles. The number of aromatic nitrogens is 1. The lowest BCUT2D eigenvalue weighted by atomic mass is 9.93. The Balaban J connectivity index is 1.61. The van der Waals surface area contributed by atoms with Gasteiger partial charge in [-0.1, -0.05) is 24.6 Å². The second-order valence-electron chi connectivity index (χ2n) is 6.79. The average molecular weight is 333 g/mol. The van der Waals surface area contributed by atoms with Crippen molar-refractivity contribution in [2.24, 2.45) is 0 Å². The summed E-state index contributed by atoms with van der Waals surface area (Å²) < 4.78 is 5.23. The van der Waals surface area contributed by atoms with Crippen molar-refractivity contribution in [3.63, 3.8) is 0 Å². The molecule has 1 saturated heterocycles. The third kappa shape index (κ3) is 3.08. The van der Waals surface area contributed by atoms with E-state index in [9.17, 15) is 14.7 Å². The summed E-state index contributed by atoms with van der Waals surface area (Å²) in [5.74, 6) is 0.274. The summed E-state index contributed by atoms with van der Waals surface area (Å²) in [5, 5.41) is 17.2. The van der Waals surface area contributed by atoms with Crippen LogP contribution in [0.3, 0.4) is 0 Å². The molecule has 0 radical (unpaired) electrons. The summed E-state index contributed by atoms with van der Waals surface area (Å²) >= 11 is 0. The van der Waals surface area contributed by atoms with E-state index in [1.165, 1.54) is 11.0 Å². The zero-order chi connectivity index (χ0) is 17.3. The van der Waals surface area contributed by atoms with Gasteiger partial charge in [0.05, 0.1) is 25.3 Å². The molecule has 2 aliphatic rings. The molecule has 1 aliphatic heterocycles. The smallest absolute Gasteiger partial charge is 0.256 e. The number of aryl methyl sites for hydroxylation is 1. The lowest BCUT2D eigenvalue weighted by Crippen LogP contribution is -2.67. The molecule has 1 aromatic rings. The maximum absolute atomic E-state index is 12.5. The van der Waals surface area contributed by atoms with Crippen LogP contribution in [0.2, 0.25) is 0 Å². The molecule has 0 spiro atoms. The lowest BCUT2D eigenvalue weighted by Gasteiger charge is -2.46. The van der Waals surface area contributed by atoms with Crippen LogP contribution < -0.4 is 5.32 Å². The van der Waals surface area contributed by atoms with Crippen molar-refractivity contribution in [1.82, 2.24) is 15.4 Å². The summed E-state index contributed by atoms with van der Waals surface area (Å²) in [6, 6.07) is 0. The van der Waals surface area contributed by atoms with Gasteiger partial charge in [-0.15, -0.1) is 0 Å². The fourth-order valence-electron chi connectivity index (χ4n) is 3.54. The van der Waals surface area contributed by atoms with E-state index in [2.05, 4.69) is 17.1 Å². The van der Waals surface area contributed by atoms with Crippen molar-refractivity contribution in [2.45, 2.75) is 44.1 Å². The molecule has 0 unspecified atom stereocenters. The minimum absolute atomic E-state index is 0.0848. The van der Waals surface area contributed by atoms with E-state index in [1.54, 1.807) is 6.92 Å². The Hall–Kier alpha value is -2.15. The number of nitrogens with zero attached hydrogens (tertiary/aromatic N) is 2. The summed E-state index contributed by atoms with van der Waals surface area (Å²) in [6.45, 7) is 5.61. The number of β-amino-alcohol motifs (C(OH)–C–C–N with tert-alkyl or cyclic N) is 1. The molecule has 2 fully saturated rings. The van der Waals surface area contributed by atoms with E-state index in [0.717, 1.165) is 31.4 Å². The standard InChI is InChI=1S/C17H23N3O4/c1-3-13(21)20-9-17(23,10-20)8-18-16(22)14-11(2)24-19-15(14)12-6-4-5-7-12/h3,12,23H,1,4-10H2,2H3,(H,18,22). The molecule has 3 rings (SSSR count). The van der Waals surface area contributed by atoms with E-state index in [1.807, 2.05) is 0 Å². The van der Waals surface area contributed by atoms with Gasteiger partial charge in [0.1, 0.15) is 16.9 Å². The Morgan fingerprint density at radius 2 is 2.12 bits per heavy atom. The van der Waals surface area contributed by atoms with Gasteiger partial charge in [-0.05, 0) is 25.8 Å². The molecule has 2 heterocycles. The third-order valence-corrected chi connectivity index (χ3v) is 4.89. The first-order valence-electron chi connectivity index (χ1n) is 8.31. The number of rotatable bonds is 5. The van der Waals surface area contributed by atoms with E-state index in [4.69, 9.17) is 4.52 Å². The Labute approximate surface area is 140 Å². The van der Waals surface area contributed by atoms with Gasteiger partial charge in [0.15, 0.2) is 0 Å². The van der Waals surface area contributed by atoms with Crippen molar-refractivity contribution in [3.05, 3.63) is 29.7 Å². The first kappa shape index (κ1) is 16.7. The summed E-state index contributed by atoms with van der Waals surface area (Å²) in [7, 11) is 0. The normalized spacial score (nSPS) is 19.8. The summed E-state index contributed by atoms with van der Waals surface area (Å²) in [5.41, 5.74) is 0.128. The topological polar surface area (TPSA) is 95.7 Å². The summed E-state index contributed by atoms with van der Waals surface area (Å²) in [6.07, 6.45) is 5.55. The predicted octanol–water partition coefficient (Wildman–Crippen LogP) is 1.13. The van der Waals surface area contributed by atoms with Crippen LogP contribution in [-0.2, 0) is 4.79 Å². The zero-order valence-electron chi connectivity index (χ0n) is 13.9.